The van der Waals surface area contributed by atoms with E-state index in [2.05, 4.69) is 27.7 Å². The molecule has 0 spiro atoms. The molecule has 0 aromatic heterocycles. The van der Waals surface area contributed by atoms with Crippen molar-refractivity contribution in [2.24, 2.45) is 5.92 Å². The highest BCUT2D eigenvalue weighted by molar-refractivity contribution is 4.56. The van der Waals surface area contributed by atoms with Gasteiger partial charge in [0, 0.05) is 6.61 Å². The second-order valence-corrected chi connectivity index (χ2v) is 4.83. The predicted octanol–water partition coefficient (Wildman–Crippen LogP) is 2.99. The first-order chi connectivity index (χ1) is 7.97. The Morgan fingerprint density at radius 2 is 1.65 bits per heavy atom. The average molecular weight is 248 g/mol. The molecule has 2 N–H and O–H groups in total. The SMILES string of the molecule is CC(O)CO.CCCCC(CC)COC(C)C. The minimum absolute atomic E-state index is 0.139. The van der Waals surface area contributed by atoms with Gasteiger partial charge in [0.15, 0.2) is 0 Å². The van der Waals surface area contributed by atoms with Gasteiger partial charge in [-0.1, -0.05) is 33.1 Å². The zero-order valence-electron chi connectivity index (χ0n) is 12.3. The van der Waals surface area contributed by atoms with Crippen molar-refractivity contribution >= 4 is 0 Å². The van der Waals surface area contributed by atoms with Crippen molar-refractivity contribution in [3.05, 3.63) is 0 Å². The third-order valence-electron chi connectivity index (χ3n) is 2.47. The standard InChI is InChI=1S/C11H24O.C3H8O2/c1-5-7-8-11(6-2)9-12-10(3)4;1-3(5)2-4/h10-11H,5-9H2,1-4H3;3-5H,2H2,1H3. The van der Waals surface area contributed by atoms with Gasteiger partial charge in [-0.15, -0.1) is 0 Å². The van der Waals surface area contributed by atoms with Gasteiger partial charge in [-0.3, -0.25) is 0 Å². The molecule has 0 aromatic rings. The van der Waals surface area contributed by atoms with Crippen molar-refractivity contribution in [1.29, 1.82) is 0 Å². The van der Waals surface area contributed by atoms with Gasteiger partial charge in [-0.25, -0.2) is 0 Å². The van der Waals surface area contributed by atoms with Crippen LogP contribution in [0.1, 0.15) is 60.3 Å². The highest BCUT2D eigenvalue weighted by Gasteiger charge is 2.06. The Kier molecular flexibility index (Phi) is 15.8. The fourth-order valence-electron chi connectivity index (χ4n) is 1.23. The fourth-order valence-corrected chi connectivity index (χ4v) is 1.23. The number of rotatable bonds is 8. The van der Waals surface area contributed by atoms with Crippen LogP contribution >= 0.6 is 0 Å². The van der Waals surface area contributed by atoms with Gasteiger partial charge in [0.05, 0.1) is 18.8 Å². The Labute approximate surface area is 107 Å². The van der Waals surface area contributed by atoms with Crippen LogP contribution in [0.15, 0.2) is 0 Å². The summed E-state index contributed by atoms with van der Waals surface area (Å²) in [7, 11) is 0. The lowest BCUT2D eigenvalue weighted by Crippen LogP contribution is -2.13. The van der Waals surface area contributed by atoms with E-state index in [1.54, 1.807) is 0 Å². The maximum Gasteiger partial charge on any atom is 0.0742 e. The second-order valence-electron chi connectivity index (χ2n) is 4.83. The second kappa shape index (κ2) is 13.9. The number of aliphatic hydroxyl groups is 2. The van der Waals surface area contributed by atoms with Gasteiger partial charge in [-0.2, -0.15) is 0 Å². The molecule has 0 heterocycles. The third-order valence-corrected chi connectivity index (χ3v) is 2.47. The molecular formula is C14H32O3. The molecule has 0 aliphatic rings. The number of hydrogen-bond acceptors (Lipinski definition) is 3. The van der Waals surface area contributed by atoms with Crippen LogP contribution in [0.25, 0.3) is 0 Å². The molecular weight excluding hydrogens is 216 g/mol. The zero-order chi connectivity index (χ0) is 13.7. The van der Waals surface area contributed by atoms with E-state index in [9.17, 15) is 0 Å². The minimum Gasteiger partial charge on any atom is -0.394 e. The first-order valence-electron chi connectivity index (χ1n) is 6.88. The van der Waals surface area contributed by atoms with E-state index in [0.29, 0.717) is 6.10 Å². The maximum absolute atomic E-state index is 8.11. The fraction of sp³-hybridized carbons (Fsp3) is 1.00. The van der Waals surface area contributed by atoms with Crippen molar-refractivity contribution in [2.75, 3.05) is 13.2 Å². The summed E-state index contributed by atoms with van der Waals surface area (Å²) in [4.78, 5) is 0. The average Bonchev–Trinajstić information content (AvgIpc) is 2.30. The van der Waals surface area contributed by atoms with E-state index in [-0.39, 0.29) is 6.61 Å². The maximum atomic E-state index is 8.11. The molecule has 0 radical (unpaired) electrons. The Bertz CT molecular complexity index is 135. The van der Waals surface area contributed by atoms with Gasteiger partial charge in [-0.05, 0) is 33.1 Å². The molecule has 106 valence electrons. The van der Waals surface area contributed by atoms with Crippen LogP contribution in [0.4, 0.5) is 0 Å². The number of ether oxygens (including phenoxy) is 1. The summed E-state index contributed by atoms with van der Waals surface area (Å²) in [6, 6.07) is 0. The summed E-state index contributed by atoms with van der Waals surface area (Å²) in [6.07, 6.45) is 5.07. The molecule has 0 aromatic carbocycles. The van der Waals surface area contributed by atoms with E-state index in [1.165, 1.54) is 32.6 Å². The summed E-state index contributed by atoms with van der Waals surface area (Å²) in [6.45, 7) is 11.0. The molecule has 0 bridgehead atoms. The summed E-state index contributed by atoms with van der Waals surface area (Å²) in [5.41, 5.74) is 0. The lowest BCUT2D eigenvalue weighted by atomic mass is 10.0. The summed E-state index contributed by atoms with van der Waals surface area (Å²) in [5, 5.41) is 16.0. The highest BCUT2D eigenvalue weighted by atomic mass is 16.5. The van der Waals surface area contributed by atoms with E-state index in [1.807, 2.05) is 0 Å². The van der Waals surface area contributed by atoms with E-state index >= 15 is 0 Å². The van der Waals surface area contributed by atoms with E-state index < -0.39 is 6.10 Å². The molecule has 0 amide bonds. The van der Waals surface area contributed by atoms with Crippen LogP contribution in [0.2, 0.25) is 0 Å². The molecule has 0 saturated heterocycles. The van der Waals surface area contributed by atoms with Crippen molar-refractivity contribution < 1.29 is 14.9 Å². The normalized spacial score (nSPS) is 14.1. The molecule has 2 atom stereocenters. The zero-order valence-corrected chi connectivity index (χ0v) is 12.3. The first kappa shape index (κ1) is 19.2. The van der Waals surface area contributed by atoms with Crippen molar-refractivity contribution in [2.45, 2.75) is 72.5 Å². The van der Waals surface area contributed by atoms with Crippen LogP contribution in [0.5, 0.6) is 0 Å². The minimum atomic E-state index is -0.560. The monoisotopic (exact) mass is 248 g/mol. The van der Waals surface area contributed by atoms with Crippen molar-refractivity contribution in [3.63, 3.8) is 0 Å². The number of hydrogen-bond donors (Lipinski definition) is 2. The van der Waals surface area contributed by atoms with Gasteiger partial charge in [0.2, 0.25) is 0 Å². The van der Waals surface area contributed by atoms with Gasteiger partial charge in [0.25, 0.3) is 0 Å². The molecule has 0 aliphatic heterocycles. The summed E-state index contributed by atoms with van der Waals surface area (Å²) in [5.74, 6) is 0.785. The van der Waals surface area contributed by atoms with Crippen LogP contribution in [0.3, 0.4) is 0 Å². The molecule has 17 heavy (non-hydrogen) atoms. The summed E-state index contributed by atoms with van der Waals surface area (Å²) >= 11 is 0. The lowest BCUT2D eigenvalue weighted by molar-refractivity contribution is 0.0474. The largest absolute Gasteiger partial charge is 0.394 e. The van der Waals surface area contributed by atoms with Crippen molar-refractivity contribution in [1.82, 2.24) is 0 Å². The Morgan fingerprint density at radius 3 is 1.94 bits per heavy atom. The molecule has 0 fully saturated rings. The van der Waals surface area contributed by atoms with E-state index in [0.717, 1.165) is 12.5 Å². The number of aliphatic hydroxyl groups excluding tert-OH is 2. The molecule has 0 aliphatic carbocycles. The molecule has 3 heteroatoms. The molecule has 0 saturated carbocycles. The molecule has 0 rings (SSSR count). The van der Waals surface area contributed by atoms with Crippen LogP contribution in [-0.2, 0) is 4.74 Å². The molecule has 2 unspecified atom stereocenters. The summed E-state index contributed by atoms with van der Waals surface area (Å²) < 4.78 is 5.59. The number of unbranched alkanes of at least 4 members (excludes halogenated alkanes) is 1. The molecule has 3 nitrogen and oxygen atoms in total. The quantitative estimate of drug-likeness (QED) is 0.694. The van der Waals surface area contributed by atoms with Gasteiger partial charge in [0.1, 0.15) is 0 Å². The van der Waals surface area contributed by atoms with Crippen LogP contribution < -0.4 is 0 Å². The Balaban J connectivity index is 0. The smallest absolute Gasteiger partial charge is 0.0742 e. The Hall–Kier alpha value is -0.120. The topological polar surface area (TPSA) is 49.7 Å². The van der Waals surface area contributed by atoms with Crippen molar-refractivity contribution in [3.8, 4) is 0 Å². The lowest BCUT2D eigenvalue weighted by Gasteiger charge is -2.16. The van der Waals surface area contributed by atoms with Gasteiger partial charge < -0.3 is 14.9 Å². The van der Waals surface area contributed by atoms with Crippen LogP contribution in [0, 0.1) is 5.92 Å². The first-order valence-corrected chi connectivity index (χ1v) is 6.88. The highest BCUT2D eigenvalue weighted by Crippen LogP contribution is 2.13. The third kappa shape index (κ3) is 18.4. The van der Waals surface area contributed by atoms with Gasteiger partial charge >= 0.3 is 0 Å². The predicted molar refractivity (Wildman–Crippen MR) is 73.2 cm³/mol. The van der Waals surface area contributed by atoms with E-state index in [4.69, 9.17) is 14.9 Å². The Morgan fingerprint density at radius 1 is 1.12 bits per heavy atom. The van der Waals surface area contributed by atoms with Crippen LogP contribution in [-0.4, -0.2) is 35.6 Å².